The van der Waals surface area contributed by atoms with E-state index in [4.69, 9.17) is 32.7 Å². The van der Waals surface area contributed by atoms with Crippen LogP contribution in [0.15, 0.2) is 71.3 Å². The van der Waals surface area contributed by atoms with Crippen LogP contribution in [0.3, 0.4) is 0 Å². The third kappa shape index (κ3) is 5.02. The quantitative estimate of drug-likeness (QED) is 0.217. The van der Waals surface area contributed by atoms with E-state index < -0.39 is 0 Å². The Bertz CT molecular complexity index is 1170. The Morgan fingerprint density at radius 2 is 1.77 bits per heavy atom. The fraction of sp³-hybridized carbons (Fsp3) is 0.0909. The second-order valence-electron chi connectivity index (χ2n) is 6.33. The molecule has 152 valence electrons. The summed E-state index contributed by atoms with van der Waals surface area (Å²) in [4.78, 5) is 8.88. The molecule has 0 amide bonds. The fourth-order valence-corrected chi connectivity index (χ4v) is 3.73. The van der Waals surface area contributed by atoms with E-state index in [2.05, 4.69) is 31.2 Å². The Morgan fingerprint density at radius 1 is 0.967 bits per heavy atom. The normalized spacial score (nSPS) is 10.9. The van der Waals surface area contributed by atoms with Crippen LogP contribution in [0, 0.1) is 0 Å². The first-order chi connectivity index (χ1) is 14.6. The molecule has 0 saturated carbocycles. The van der Waals surface area contributed by atoms with E-state index in [-0.39, 0.29) is 13.4 Å². The third-order valence-corrected chi connectivity index (χ3v) is 5.66. The third-order valence-electron chi connectivity index (χ3n) is 4.29. The zero-order valence-corrected chi connectivity index (χ0v) is 18.7. The van der Waals surface area contributed by atoms with Gasteiger partial charge in [-0.15, -0.1) is 0 Å². The van der Waals surface area contributed by atoms with Gasteiger partial charge in [0.25, 0.3) is 0 Å². The largest absolute Gasteiger partial charge is 0.468 e. The first kappa shape index (κ1) is 20.9. The summed E-state index contributed by atoms with van der Waals surface area (Å²) in [7, 11) is 0. The lowest BCUT2D eigenvalue weighted by Gasteiger charge is -2.12. The first-order valence-electron chi connectivity index (χ1n) is 9.02. The van der Waals surface area contributed by atoms with Crippen LogP contribution in [-0.2, 0) is 11.3 Å². The van der Waals surface area contributed by atoms with Gasteiger partial charge in [-0.25, -0.2) is 9.97 Å². The second-order valence-corrected chi connectivity index (χ2v) is 8.00. The lowest BCUT2D eigenvalue weighted by Crippen LogP contribution is -2.04. The SMILES string of the molecule is Clc1cccc(Cl)c1COCOc1ccc(Nc2ncc3ccccc3n2)c(Br)c1. The van der Waals surface area contributed by atoms with Gasteiger partial charge in [0.05, 0.1) is 17.8 Å². The minimum atomic E-state index is 0.0640. The van der Waals surface area contributed by atoms with Gasteiger partial charge in [-0.05, 0) is 52.3 Å². The molecule has 0 aliphatic carbocycles. The summed E-state index contributed by atoms with van der Waals surface area (Å²) < 4.78 is 12.0. The van der Waals surface area contributed by atoms with Gasteiger partial charge in [0.15, 0.2) is 6.79 Å². The molecule has 0 atom stereocenters. The van der Waals surface area contributed by atoms with Gasteiger partial charge in [0.2, 0.25) is 5.95 Å². The monoisotopic (exact) mass is 503 g/mol. The minimum Gasteiger partial charge on any atom is -0.468 e. The van der Waals surface area contributed by atoms with Crippen molar-refractivity contribution in [2.45, 2.75) is 6.61 Å². The van der Waals surface area contributed by atoms with E-state index in [1.807, 2.05) is 42.5 Å². The van der Waals surface area contributed by atoms with Crippen molar-refractivity contribution >= 4 is 61.7 Å². The zero-order chi connectivity index (χ0) is 20.9. The van der Waals surface area contributed by atoms with Crippen molar-refractivity contribution in [2.24, 2.45) is 0 Å². The maximum atomic E-state index is 6.13. The molecule has 1 aromatic heterocycles. The van der Waals surface area contributed by atoms with Gasteiger partial charge in [0.1, 0.15) is 5.75 Å². The molecule has 1 N–H and O–H groups in total. The van der Waals surface area contributed by atoms with E-state index in [0.717, 1.165) is 26.6 Å². The Hall–Kier alpha value is -2.38. The molecule has 8 heteroatoms. The van der Waals surface area contributed by atoms with E-state index in [0.29, 0.717) is 21.7 Å². The molecule has 3 aromatic carbocycles. The molecule has 1 heterocycles. The summed E-state index contributed by atoms with van der Waals surface area (Å²) >= 11 is 15.8. The molecule has 4 aromatic rings. The van der Waals surface area contributed by atoms with Crippen molar-refractivity contribution in [3.8, 4) is 5.75 Å². The van der Waals surface area contributed by atoms with Gasteiger partial charge in [-0.1, -0.05) is 47.5 Å². The van der Waals surface area contributed by atoms with Crippen LogP contribution in [0.25, 0.3) is 10.9 Å². The number of fused-ring (bicyclic) bond motifs is 1. The predicted molar refractivity (Wildman–Crippen MR) is 124 cm³/mol. The summed E-state index contributed by atoms with van der Waals surface area (Å²) in [6.07, 6.45) is 1.79. The molecular formula is C22H16BrCl2N3O2. The van der Waals surface area contributed by atoms with Crippen LogP contribution in [0.1, 0.15) is 5.56 Å². The topological polar surface area (TPSA) is 56.3 Å². The summed E-state index contributed by atoms with van der Waals surface area (Å²) in [5.74, 6) is 1.17. The Kier molecular flexibility index (Phi) is 6.69. The average Bonchev–Trinajstić information content (AvgIpc) is 2.74. The highest BCUT2D eigenvalue weighted by Gasteiger charge is 2.07. The van der Waals surface area contributed by atoms with Crippen LogP contribution < -0.4 is 10.1 Å². The number of rotatable bonds is 7. The summed E-state index contributed by atoms with van der Waals surface area (Å²) in [5, 5.41) is 5.33. The number of nitrogens with zero attached hydrogens (tertiary/aromatic N) is 2. The highest BCUT2D eigenvalue weighted by Crippen LogP contribution is 2.29. The molecule has 0 aliphatic heterocycles. The zero-order valence-electron chi connectivity index (χ0n) is 15.6. The number of nitrogens with one attached hydrogen (secondary N) is 1. The number of hydrogen-bond acceptors (Lipinski definition) is 5. The second kappa shape index (κ2) is 9.62. The van der Waals surface area contributed by atoms with Gasteiger partial charge in [0, 0.05) is 31.7 Å². The van der Waals surface area contributed by atoms with Crippen molar-refractivity contribution in [2.75, 3.05) is 12.1 Å². The van der Waals surface area contributed by atoms with Gasteiger partial charge < -0.3 is 14.8 Å². The van der Waals surface area contributed by atoms with Crippen LogP contribution in [0.2, 0.25) is 10.0 Å². The van der Waals surface area contributed by atoms with Gasteiger partial charge in [-0.2, -0.15) is 0 Å². The number of para-hydroxylation sites is 1. The van der Waals surface area contributed by atoms with Gasteiger partial charge in [-0.3, -0.25) is 0 Å². The lowest BCUT2D eigenvalue weighted by atomic mass is 10.2. The fourth-order valence-electron chi connectivity index (χ4n) is 2.76. The van der Waals surface area contributed by atoms with Crippen LogP contribution in [0.5, 0.6) is 5.75 Å². The number of halogens is 3. The summed E-state index contributed by atoms with van der Waals surface area (Å²) in [6.45, 7) is 0.327. The molecule has 0 spiro atoms. The van der Waals surface area contributed by atoms with Crippen molar-refractivity contribution in [3.63, 3.8) is 0 Å². The number of benzene rings is 3. The molecule has 0 radical (unpaired) electrons. The number of anilines is 2. The van der Waals surface area contributed by atoms with E-state index in [1.54, 1.807) is 24.4 Å². The summed E-state index contributed by atoms with van der Waals surface area (Å²) in [5.41, 5.74) is 2.43. The van der Waals surface area contributed by atoms with E-state index in [1.165, 1.54) is 0 Å². The van der Waals surface area contributed by atoms with Gasteiger partial charge >= 0.3 is 0 Å². The maximum absolute atomic E-state index is 6.13. The van der Waals surface area contributed by atoms with E-state index >= 15 is 0 Å². The molecule has 0 aliphatic rings. The Morgan fingerprint density at radius 3 is 2.57 bits per heavy atom. The minimum absolute atomic E-state index is 0.0640. The van der Waals surface area contributed by atoms with Crippen LogP contribution in [0.4, 0.5) is 11.6 Å². The molecule has 30 heavy (non-hydrogen) atoms. The number of hydrogen-bond donors (Lipinski definition) is 1. The first-order valence-corrected chi connectivity index (χ1v) is 10.6. The predicted octanol–water partition coefficient (Wildman–Crippen LogP) is 7.00. The van der Waals surface area contributed by atoms with Crippen LogP contribution in [-0.4, -0.2) is 16.8 Å². The van der Waals surface area contributed by atoms with Crippen molar-refractivity contribution < 1.29 is 9.47 Å². The lowest BCUT2D eigenvalue weighted by molar-refractivity contribution is 0.00509. The number of ether oxygens (including phenoxy) is 2. The number of aromatic nitrogens is 2. The average molecular weight is 505 g/mol. The molecule has 0 unspecified atom stereocenters. The highest BCUT2D eigenvalue weighted by atomic mass is 79.9. The molecular weight excluding hydrogens is 489 g/mol. The molecule has 4 rings (SSSR count). The standard InChI is InChI=1S/C22H16BrCl2N3O2/c23-17-10-15(30-13-29-12-16-18(24)5-3-6-19(16)25)8-9-21(17)28-22-26-11-14-4-1-2-7-20(14)27-22/h1-11H,12-13H2,(H,26,27,28). The van der Waals surface area contributed by atoms with Crippen molar-refractivity contribution in [1.82, 2.24) is 9.97 Å². The van der Waals surface area contributed by atoms with Crippen LogP contribution >= 0.6 is 39.1 Å². The molecule has 0 fully saturated rings. The molecule has 0 saturated heterocycles. The smallest absolute Gasteiger partial charge is 0.227 e. The Balaban J connectivity index is 1.35. The maximum Gasteiger partial charge on any atom is 0.227 e. The highest BCUT2D eigenvalue weighted by molar-refractivity contribution is 9.10. The Labute approximate surface area is 192 Å². The van der Waals surface area contributed by atoms with Crippen molar-refractivity contribution in [3.05, 3.63) is 86.9 Å². The van der Waals surface area contributed by atoms with E-state index in [9.17, 15) is 0 Å². The van der Waals surface area contributed by atoms with Crippen molar-refractivity contribution in [1.29, 1.82) is 0 Å². The molecule has 0 bridgehead atoms. The molecule has 5 nitrogen and oxygen atoms in total. The summed E-state index contributed by atoms with van der Waals surface area (Å²) in [6, 6.07) is 18.7.